The van der Waals surface area contributed by atoms with Crippen LogP contribution in [0.25, 0.3) is 0 Å². The summed E-state index contributed by atoms with van der Waals surface area (Å²) in [6.07, 6.45) is 5.80. The molecule has 3 heterocycles. The van der Waals surface area contributed by atoms with Gasteiger partial charge in [-0.2, -0.15) is 0 Å². The molecule has 5 nitrogen and oxygen atoms in total. The van der Waals surface area contributed by atoms with Crippen molar-refractivity contribution in [1.82, 2.24) is 14.4 Å². The number of hydrogen-bond acceptors (Lipinski definition) is 3. The molecule has 1 N–H and O–H groups in total. The molecule has 0 unspecified atom stereocenters. The molecule has 2 aliphatic rings. The number of rotatable bonds is 3. The van der Waals surface area contributed by atoms with Crippen molar-refractivity contribution in [2.45, 2.75) is 31.5 Å². The van der Waals surface area contributed by atoms with Crippen molar-refractivity contribution >= 4 is 5.91 Å². The normalized spacial score (nSPS) is 28.2. The average molecular weight is 263 g/mol. The molecule has 2 aliphatic heterocycles. The van der Waals surface area contributed by atoms with Crippen LogP contribution in [-0.4, -0.2) is 63.7 Å². The highest BCUT2D eigenvalue weighted by atomic mass is 16.3. The van der Waals surface area contributed by atoms with Crippen LogP contribution in [0.1, 0.15) is 12.8 Å². The van der Waals surface area contributed by atoms with E-state index < -0.39 is 6.10 Å². The van der Waals surface area contributed by atoms with Crippen molar-refractivity contribution in [3.63, 3.8) is 0 Å². The van der Waals surface area contributed by atoms with Gasteiger partial charge in [-0.25, -0.2) is 0 Å². The number of aliphatic hydroxyl groups excluding tert-OH is 1. The molecule has 1 aromatic rings. The van der Waals surface area contributed by atoms with E-state index >= 15 is 0 Å². The van der Waals surface area contributed by atoms with Crippen LogP contribution in [0.4, 0.5) is 0 Å². The Bertz CT molecular complexity index is 426. The van der Waals surface area contributed by atoms with Gasteiger partial charge >= 0.3 is 0 Å². The molecule has 5 heteroatoms. The van der Waals surface area contributed by atoms with Crippen molar-refractivity contribution in [3.05, 3.63) is 24.5 Å². The molecule has 1 aromatic heterocycles. The third-order valence-corrected chi connectivity index (χ3v) is 4.21. The van der Waals surface area contributed by atoms with Gasteiger partial charge in [0.05, 0.1) is 12.1 Å². The van der Waals surface area contributed by atoms with E-state index in [4.69, 9.17) is 0 Å². The molecule has 2 saturated heterocycles. The van der Waals surface area contributed by atoms with Crippen LogP contribution in [0.2, 0.25) is 0 Å². The predicted octanol–water partition coefficient (Wildman–Crippen LogP) is 0.156. The van der Waals surface area contributed by atoms with E-state index in [1.807, 2.05) is 29.1 Å². The van der Waals surface area contributed by atoms with Crippen molar-refractivity contribution in [3.8, 4) is 0 Å². The molecule has 0 spiro atoms. The lowest BCUT2D eigenvalue weighted by Crippen LogP contribution is -2.41. The fourth-order valence-corrected chi connectivity index (χ4v) is 3.14. The molecule has 0 radical (unpaired) electrons. The van der Waals surface area contributed by atoms with Gasteiger partial charge in [-0.15, -0.1) is 0 Å². The molecule has 0 bridgehead atoms. The van der Waals surface area contributed by atoms with E-state index in [0.717, 1.165) is 13.1 Å². The highest BCUT2D eigenvalue weighted by Crippen LogP contribution is 2.21. The lowest BCUT2D eigenvalue weighted by molar-refractivity contribution is -0.131. The van der Waals surface area contributed by atoms with Gasteiger partial charge in [0.25, 0.3) is 0 Å². The summed E-state index contributed by atoms with van der Waals surface area (Å²) in [7, 11) is 0. The first kappa shape index (κ1) is 12.7. The highest BCUT2D eigenvalue weighted by molar-refractivity contribution is 5.76. The van der Waals surface area contributed by atoms with Gasteiger partial charge in [-0.05, 0) is 38.1 Å². The quantitative estimate of drug-likeness (QED) is 0.845. The van der Waals surface area contributed by atoms with Crippen LogP contribution in [0.3, 0.4) is 0 Å². The van der Waals surface area contributed by atoms with Crippen LogP contribution in [-0.2, 0) is 11.3 Å². The van der Waals surface area contributed by atoms with E-state index in [2.05, 4.69) is 4.90 Å². The average Bonchev–Trinajstić information content (AvgIpc) is 3.07. The number of nitrogens with zero attached hydrogens (tertiary/aromatic N) is 3. The highest BCUT2D eigenvalue weighted by Gasteiger charge is 2.38. The molecular weight excluding hydrogens is 242 g/mol. The number of carbonyl (C=O) groups excluding carboxylic acids is 1. The zero-order valence-corrected chi connectivity index (χ0v) is 11.1. The van der Waals surface area contributed by atoms with Crippen LogP contribution in [0, 0.1) is 0 Å². The Morgan fingerprint density at radius 3 is 2.53 bits per heavy atom. The Hall–Kier alpha value is -1.33. The smallest absolute Gasteiger partial charge is 0.242 e. The molecule has 104 valence electrons. The first-order valence-corrected chi connectivity index (χ1v) is 7.05. The fraction of sp³-hybridized carbons (Fsp3) is 0.643. The van der Waals surface area contributed by atoms with Gasteiger partial charge in [0, 0.05) is 25.5 Å². The number of hydrogen-bond donors (Lipinski definition) is 1. The molecule has 2 atom stereocenters. The van der Waals surface area contributed by atoms with Crippen molar-refractivity contribution in [1.29, 1.82) is 0 Å². The van der Waals surface area contributed by atoms with E-state index in [1.165, 1.54) is 12.8 Å². The first-order chi connectivity index (χ1) is 9.24. The molecule has 3 rings (SSSR count). The van der Waals surface area contributed by atoms with Gasteiger partial charge in [-0.3, -0.25) is 9.69 Å². The summed E-state index contributed by atoms with van der Waals surface area (Å²) < 4.78 is 1.87. The second-order valence-electron chi connectivity index (χ2n) is 5.53. The maximum absolute atomic E-state index is 12.2. The molecule has 0 saturated carbocycles. The summed E-state index contributed by atoms with van der Waals surface area (Å²) in [5.41, 5.74) is 0. The Balaban J connectivity index is 1.59. The van der Waals surface area contributed by atoms with Gasteiger partial charge in [0.1, 0.15) is 6.54 Å². The number of aliphatic hydroxyl groups is 1. The number of amides is 1. The first-order valence-electron chi connectivity index (χ1n) is 7.05. The lowest BCUT2D eigenvalue weighted by atomic mass is 10.2. The standard InChI is InChI=1S/C14H21N3O2/c18-13-10-17(9-12(13)16-7-3-4-8-16)14(19)11-15-5-1-2-6-15/h1-2,5-6,12-13,18H,3-4,7-11H2/t12-,13-/m0/s1. The zero-order chi connectivity index (χ0) is 13.2. The van der Waals surface area contributed by atoms with E-state index in [-0.39, 0.29) is 11.9 Å². The summed E-state index contributed by atoms with van der Waals surface area (Å²) in [6, 6.07) is 3.97. The Morgan fingerprint density at radius 1 is 1.16 bits per heavy atom. The van der Waals surface area contributed by atoms with E-state index in [9.17, 15) is 9.90 Å². The van der Waals surface area contributed by atoms with Crippen LogP contribution in [0.15, 0.2) is 24.5 Å². The van der Waals surface area contributed by atoms with Crippen LogP contribution in [0.5, 0.6) is 0 Å². The van der Waals surface area contributed by atoms with Crippen molar-refractivity contribution < 1.29 is 9.90 Å². The molecular formula is C14H21N3O2. The zero-order valence-electron chi connectivity index (χ0n) is 11.1. The lowest BCUT2D eigenvalue weighted by Gasteiger charge is -2.25. The molecule has 0 aliphatic carbocycles. The van der Waals surface area contributed by atoms with E-state index in [0.29, 0.717) is 19.6 Å². The number of likely N-dealkylation sites (tertiary alicyclic amines) is 2. The molecule has 1 amide bonds. The largest absolute Gasteiger partial charge is 0.390 e. The Labute approximate surface area is 113 Å². The number of β-amino-alcohol motifs (C(OH)–C–C–N with tert-alkyl or cyclic N) is 1. The topological polar surface area (TPSA) is 48.7 Å². The Morgan fingerprint density at radius 2 is 1.84 bits per heavy atom. The fourth-order valence-electron chi connectivity index (χ4n) is 3.14. The van der Waals surface area contributed by atoms with E-state index in [1.54, 1.807) is 4.90 Å². The molecule has 0 aromatic carbocycles. The summed E-state index contributed by atoms with van der Waals surface area (Å²) in [6.45, 7) is 3.62. The third kappa shape index (κ3) is 2.67. The molecule has 2 fully saturated rings. The van der Waals surface area contributed by atoms with Crippen LogP contribution >= 0.6 is 0 Å². The third-order valence-electron chi connectivity index (χ3n) is 4.21. The van der Waals surface area contributed by atoms with Gasteiger partial charge in [0.15, 0.2) is 0 Å². The molecule has 19 heavy (non-hydrogen) atoms. The summed E-state index contributed by atoms with van der Waals surface area (Å²) in [5, 5.41) is 10.2. The van der Waals surface area contributed by atoms with Crippen molar-refractivity contribution in [2.75, 3.05) is 26.2 Å². The Kier molecular flexibility index (Phi) is 3.57. The maximum atomic E-state index is 12.2. The minimum Gasteiger partial charge on any atom is -0.390 e. The summed E-state index contributed by atoms with van der Waals surface area (Å²) in [5.74, 6) is 0.0944. The van der Waals surface area contributed by atoms with Gasteiger partial charge in [0.2, 0.25) is 5.91 Å². The predicted molar refractivity (Wildman–Crippen MR) is 71.6 cm³/mol. The minimum absolute atomic E-state index is 0.0944. The monoisotopic (exact) mass is 263 g/mol. The summed E-state index contributed by atoms with van der Waals surface area (Å²) in [4.78, 5) is 16.3. The second kappa shape index (κ2) is 5.35. The van der Waals surface area contributed by atoms with Gasteiger partial charge in [-0.1, -0.05) is 0 Å². The summed E-state index contributed by atoms with van der Waals surface area (Å²) >= 11 is 0. The van der Waals surface area contributed by atoms with Crippen molar-refractivity contribution in [2.24, 2.45) is 0 Å². The van der Waals surface area contributed by atoms with Gasteiger partial charge < -0.3 is 14.6 Å². The number of carbonyl (C=O) groups is 1. The van der Waals surface area contributed by atoms with Crippen LogP contribution < -0.4 is 0 Å². The SMILES string of the molecule is O=C(Cn1cccc1)N1C[C@H](O)[C@@H](N2CCCC2)C1. The number of aromatic nitrogens is 1. The second-order valence-corrected chi connectivity index (χ2v) is 5.53. The minimum atomic E-state index is -0.397. The maximum Gasteiger partial charge on any atom is 0.242 e.